The molecule has 0 aliphatic rings. The summed E-state index contributed by atoms with van der Waals surface area (Å²) >= 11 is 0. The molecule has 1 aromatic carbocycles. The number of fused-ring (bicyclic) bond motifs is 1. The number of carbonyl (C=O) groups excluding carboxylic acids is 1. The van der Waals surface area contributed by atoms with Crippen molar-refractivity contribution in [3.05, 3.63) is 36.1 Å². The van der Waals surface area contributed by atoms with Crippen LogP contribution in [-0.2, 0) is 0 Å². The van der Waals surface area contributed by atoms with Crippen molar-refractivity contribution in [2.45, 2.75) is 19.3 Å². The Morgan fingerprint density at radius 2 is 2.19 bits per heavy atom. The molecule has 1 heterocycles. The van der Waals surface area contributed by atoms with Crippen molar-refractivity contribution in [3.8, 4) is 6.07 Å². The number of nitrogens with zero attached hydrogens (tertiary/aromatic N) is 1. The van der Waals surface area contributed by atoms with E-state index >= 15 is 0 Å². The smallest absolute Gasteiger partial charge is 0.198 e. The van der Waals surface area contributed by atoms with Crippen LogP contribution in [0, 0.1) is 11.3 Å². The lowest BCUT2D eigenvalue weighted by molar-refractivity contribution is 0.0956. The van der Waals surface area contributed by atoms with Crippen LogP contribution in [0.5, 0.6) is 0 Å². The minimum Gasteiger partial charge on any atom is -0.453 e. The van der Waals surface area contributed by atoms with E-state index in [1.54, 1.807) is 6.07 Å². The van der Waals surface area contributed by atoms with Gasteiger partial charge < -0.3 is 4.42 Å². The molecule has 0 aliphatic carbocycles. The Morgan fingerprint density at radius 1 is 1.38 bits per heavy atom. The van der Waals surface area contributed by atoms with Gasteiger partial charge in [0.2, 0.25) is 0 Å². The van der Waals surface area contributed by atoms with Gasteiger partial charge in [0.1, 0.15) is 5.58 Å². The molecule has 2 aromatic rings. The van der Waals surface area contributed by atoms with Crippen molar-refractivity contribution in [1.82, 2.24) is 0 Å². The molecule has 80 valence electrons. The lowest BCUT2D eigenvalue weighted by Crippen LogP contribution is -1.95. The van der Waals surface area contributed by atoms with E-state index < -0.39 is 0 Å². The molecule has 0 spiro atoms. The summed E-state index contributed by atoms with van der Waals surface area (Å²) in [6, 6.07) is 11.3. The number of unbranched alkanes of at least 4 members (excludes halogenated alkanes) is 1. The Kier molecular flexibility index (Phi) is 3.02. The minimum absolute atomic E-state index is 0.0357. The highest BCUT2D eigenvalue weighted by molar-refractivity contribution is 5.97. The third-order valence-corrected chi connectivity index (χ3v) is 2.39. The van der Waals surface area contributed by atoms with Crippen LogP contribution in [0.1, 0.15) is 29.8 Å². The monoisotopic (exact) mass is 213 g/mol. The zero-order valence-corrected chi connectivity index (χ0v) is 8.77. The van der Waals surface area contributed by atoms with Gasteiger partial charge in [0, 0.05) is 18.2 Å². The van der Waals surface area contributed by atoms with Crippen molar-refractivity contribution >= 4 is 16.8 Å². The van der Waals surface area contributed by atoms with Crippen molar-refractivity contribution in [3.63, 3.8) is 0 Å². The maximum Gasteiger partial charge on any atom is 0.198 e. The fourth-order valence-electron chi connectivity index (χ4n) is 1.57. The molecule has 0 saturated carbocycles. The molecule has 0 saturated heterocycles. The molecule has 0 radical (unpaired) electrons. The van der Waals surface area contributed by atoms with Crippen LogP contribution in [0.25, 0.3) is 11.0 Å². The Hall–Kier alpha value is -2.08. The third kappa shape index (κ3) is 2.12. The first kappa shape index (κ1) is 10.4. The summed E-state index contributed by atoms with van der Waals surface area (Å²) in [4.78, 5) is 11.7. The molecular weight excluding hydrogens is 202 g/mol. The highest BCUT2D eigenvalue weighted by atomic mass is 16.3. The molecule has 0 N–H and O–H groups in total. The molecule has 0 bridgehead atoms. The van der Waals surface area contributed by atoms with Crippen LogP contribution in [0.3, 0.4) is 0 Å². The fraction of sp³-hybridized carbons (Fsp3) is 0.231. The number of carbonyl (C=O) groups is 1. The van der Waals surface area contributed by atoms with Crippen LogP contribution < -0.4 is 0 Å². The van der Waals surface area contributed by atoms with Gasteiger partial charge in [0.05, 0.1) is 6.07 Å². The quantitative estimate of drug-likeness (QED) is 0.578. The second-order valence-corrected chi connectivity index (χ2v) is 3.58. The summed E-state index contributed by atoms with van der Waals surface area (Å²) in [6.07, 6.45) is 1.37. The summed E-state index contributed by atoms with van der Waals surface area (Å²) in [6.45, 7) is 0. The predicted molar refractivity (Wildman–Crippen MR) is 60.0 cm³/mol. The maximum absolute atomic E-state index is 11.7. The zero-order valence-electron chi connectivity index (χ0n) is 8.77. The number of furan rings is 1. The van der Waals surface area contributed by atoms with Crippen LogP contribution in [0.2, 0.25) is 0 Å². The van der Waals surface area contributed by atoms with E-state index in [1.165, 1.54) is 0 Å². The van der Waals surface area contributed by atoms with Gasteiger partial charge in [-0.3, -0.25) is 4.79 Å². The number of rotatable bonds is 4. The molecule has 0 atom stereocenters. The molecule has 1 aromatic heterocycles. The molecule has 0 aliphatic heterocycles. The summed E-state index contributed by atoms with van der Waals surface area (Å²) in [5.41, 5.74) is 0.728. The summed E-state index contributed by atoms with van der Waals surface area (Å²) in [5, 5.41) is 9.32. The molecule has 0 amide bonds. The molecular formula is C13H11NO2. The van der Waals surface area contributed by atoms with Crippen molar-refractivity contribution < 1.29 is 9.21 Å². The second-order valence-electron chi connectivity index (χ2n) is 3.58. The number of hydrogen-bond acceptors (Lipinski definition) is 3. The topological polar surface area (TPSA) is 54.0 Å². The maximum atomic E-state index is 11.7. The van der Waals surface area contributed by atoms with Gasteiger partial charge in [-0.2, -0.15) is 5.26 Å². The van der Waals surface area contributed by atoms with Gasteiger partial charge >= 0.3 is 0 Å². The highest BCUT2D eigenvalue weighted by Crippen LogP contribution is 2.20. The Bertz CT molecular complexity index is 515. The zero-order chi connectivity index (χ0) is 11.4. The number of Topliss-reactive ketones (excluding diaryl/α,β-unsaturated/α-hetero) is 1. The summed E-state index contributed by atoms with van der Waals surface area (Å²) < 4.78 is 5.43. The van der Waals surface area contributed by atoms with E-state index in [1.807, 2.05) is 30.3 Å². The van der Waals surface area contributed by atoms with E-state index in [4.69, 9.17) is 9.68 Å². The minimum atomic E-state index is -0.0357. The molecule has 2 rings (SSSR count). The first-order valence-corrected chi connectivity index (χ1v) is 5.20. The first-order valence-electron chi connectivity index (χ1n) is 5.20. The number of hydrogen-bond donors (Lipinski definition) is 0. The van der Waals surface area contributed by atoms with E-state index in [9.17, 15) is 4.79 Å². The normalized spacial score (nSPS) is 10.2. The Morgan fingerprint density at radius 3 is 2.94 bits per heavy atom. The lowest BCUT2D eigenvalue weighted by atomic mass is 10.1. The largest absolute Gasteiger partial charge is 0.453 e. The van der Waals surface area contributed by atoms with E-state index in [2.05, 4.69) is 0 Å². The first-order chi connectivity index (χ1) is 7.81. The van der Waals surface area contributed by atoms with Crippen LogP contribution in [-0.4, -0.2) is 5.78 Å². The van der Waals surface area contributed by atoms with Gasteiger partial charge in [-0.1, -0.05) is 18.2 Å². The lowest BCUT2D eigenvalue weighted by Gasteiger charge is -1.92. The standard InChI is InChI=1S/C13H11NO2/c14-8-4-3-6-11(15)13-9-10-5-1-2-7-12(10)16-13/h1-2,5,7,9H,3-4,6H2. The fourth-order valence-corrected chi connectivity index (χ4v) is 1.57. The Labute approximate surface area is 93.3 Å². The number of ketones is 1. The van der Waals surface area contributed by atoms with Crippen LogP contribution >= 0.6 is 0 Å². The van der Waals surface area contributed by atoms with E-state index in [0.717, 1.165) is 11.0 Å². The van der Waals surface area contributed by atoms with Crippen molar-refractivity contribution in [2.24, 2.45) is 0 Å². The van der Waals surface area contributed by atoms with Crippen LogP contribution in [0.4, 0.5) is 0 Å². The molecule has 3 heteroatoms. The average Bonchev–Trinajstić information content (AvgIpc) is 2.73. The van der Waals surface area contributed by atoms with E-state index in [0.29, 0.717) is 25.0 Å². The van der Waals surface area contributed by atoms with Crippen LogP contribution in [0.15, 0.2) is 34.7 Å². The van der Waals surface area contributed by atoms with Gasteiger partial charge in [0.25, 0.3) is 0 Å². The number of nitriles is 1. The number of benzene rings is 1. The summed E-state index contributed by atoms with van der Waals surface area (Å²) in [5.74, 6) is 0.352. The van der Waals surface area contributed by atoms with Crippen molar-refractivity contribution in [1.29, 1.82) is 5.26 Å². The molecule has 3 nitrogen and oxygen atoms in total. The van der Waals surface area contributed by atoms with Gasteiger partial charge in [-0.15, -0.1) is 0 Å². The number of para-hydroxylation sites is 1. The molecule has 0 unspecified atom stereocenters. The van der Waals surface area contributed by atoms with Gasteiger partial charge in [-0.25, -0.2) is 0 Å². The Balaban J connectivity index is 2.14. The third-order valence-electron chi connectivity index (χ3n) is 2.39. The molecule has 0 fully saturated rings. The summed E-state index contributed by atoms with van der Waals surface area (Å²) in [7, 11) is 0. The molecule has 16 heavy (non-hydrogen) atoms. The predicted octanol–water partition coefficient (Wildman–Crippen LogP) is 3.31. The van der Waals surface area contributed by atoms with Crippen molar-refractivity contribution in [2.75, 3.05) is 0 Å². The highest BCUT2D eigenvalue weighted by Gasteiger charge is 2.11. The second kappa shape index (κ2) is 4.63. The van der Waals surface area contributed by atoms with Gasteiger partial charge in [0.15, 0.2) is 11.5 Å². The average molecular weight is 213 g/mol. The SMILES string of the molecule is N#CCCCC(=O)c1cc2ccccc2o1. The van der Waals surface area contributed by atoms with E-state index in [-0.39, 0.29) is 5.78 Å². The van der Waals surface area contributed by atoms with Gasteiger partial charge in [-0.05, 0) is 18.6 Å².